The number of carbonyl (C=O) groups is 2. The summed E-state index contributed by atoms with van der Waals surface area (Å²) >= 11 is 0. The van der Waals surface area contributed by atoms with Crippen molar-refractivity contribution in [3.63, 3.8) is 0 Å². The first-order valence-electron chi connectivity index (χ1n) is 8.88. The van der Waals surface area contributed by atoms with Gasteiger partial charge in [0.25, 0.3) is 0 Å². The van der Waals surface area contributed by atoms with E-state index >= 15 is 0 Å². The average molecular weight is 352 g/mol. The molecule has 0 heterocycles. The minimum atomic E-state index is -0.884. The van der Waals surface area contributed by atoms with E-state index in [1.165, 1.54) is 0 Å². The summed E-state index contributed by atoms with van der Waals surface area (Å²) in [5.74, 6) is -0.801. The minimum Gasteiger partial charge on any atom is -0.478 e. The van der Waals surface area contributed by atoms with Crippen LogP contribution in [0.3, 0.4) is 0 Å². The molecule has 0 aliphatic carbocycles. The van der Waals surface area contributed by atoms with Gasteiger partial charge in [0.05, 0.1) is 5.56 Å². The number of carboxylic acid groups (broad SMARTS) is 1. The first-order chi connectivity index (χ1) is 11.9. The fraction of sp³-hybridized carbons (Fsp3) is 0.391. The third-order valence-corrected chi connectivity index (χ3v) is 6.07. The first-order valence-corrected chi connectivity index (χ1v) is 8.88. The van der Waals surface area contributed by atoms with Crippen LogP contribution in [0.25, 0.3) is 11.1 Å². The fourth-order valence-corrected chi connectivity index (χ4v) is 4.22. The lowest BCUT2D eigenvalue weighted by molar-refractivity contribution is 0.0695. The number of benzene rings is 2. The second kappa shape index (κ2) is 6.71. The van der Waals surface area contributed by atoms with E-state index in [-0.39, 0.29) is 5.78 Å². The molecule has 0 unspecified atom stereocenters. The van der Waals surface area contributed by atoms with E-state index in [0.717, 1.165) is 61.2 Å². The quantitative estimate of drug-likeness (QED) is 0.719. The molecular formula is C23H28O3. The summed E-state index contributed by atoms with van der Waals surface area (Å²) < 4.78 is 0. The van der Waals surface area contributed by atoms with E-state index in [4.69, 9.17) is 0 Å². The van der Waals surface area contributed by atoms with E-state index in [1.807, 2.05) is 41.5 Å². The molecule has 3 nitrogen and oxygen atoms in total. The zero-order valence-electron chi connectivity index (χ0n) is 17.3. The van der Waals surface area contributed by atoms with Gasteiger partial charge < -0.3 is 5.11 Å². The molecular weight excluding hydrogens is 324 g/mol. The van der Waals surface area contributed by atoms with Crippen molar-refractivity contribution in [3.05, 3.63) is 55.6 Å². The molecule has 0 aliphatic heterocycles. The van der Waals surface area contributed by atoms with E-state index < -0.39 is 5.97 Å². The number of aromatic carboxylic acids is 1. The number of hydrogen-bond donors (Lipinski definition) is 1. The maximum Gasteiger partial charge on any atom is 0.336 e. The molecule has 0 saturated heterocycles. The van der Waals surface area contributed by atoms with E-state index in [9.17, 15) is 14.7 Å². The smallest absolute Gasteiger partial charge is 0.336 e. The van der Waals surface area contributed by atoms with Gasteiger partial charge in [0.1, 0.15) is 0 Å². The zero-order valence-corrected chi connectivity index (χ0v) is 17.3. The molecule has 1 N–H and O–H groups in total. The van der Waals surface area contributed by atoms with Crippen LogP contribution in [0.1, 0.15) is 72.1 Å². The Morgan fingerprint density at radius 2 is 0.808 bits per heavy atom. The SMILES string of the molecule is CC(=O)c1c(C)c(C)c(-c2c(C)c(C)c(C(=O)O)c(C)c2C)c(C)c1C. The molecule has 0 saturated carbocycles. The number of hydrogen-bond acceptors (Lipinski definition) is 2. The Labute approximate surface area is 156 Å². The topological polar surface area (TPSA) is 54.4 Å². The van der Waals surface area contributed by atoms with Gasteiger partial charge in [-0.1, -0.05) is 0 Å². The lowest BCUT2D eigenvalue weighted by atomic mass is 9.79. The predicted molar refractivity (Wildman–Crippen MR) is 107 cm³/mol. The molecule has 2 aromatic carbocycles. The number of ketones is 1. The molecule has 0 radical (unpaired) electrons. The van der Waals surface area contributed by atoms with E-state index in [0.29, 0.717) is 5.56 Å². The van der Waals surface area contributed by atoms with Crippen LogP contribution in [-0.2, 0) is 0 Å². The Hall–Kier alpha value is -2.42. The molecule has 0 atom stereocenters. The molecule has 2 rings (SSSR count). The molecule has 0 spiro atoms. The van der Waals surface area contributed by atoms with Crippen molar-refractivity contribution in [2.75, 3.05) is 0 Å². The minimum absolute atomic E-state index is 0.0831. The summed E-state index contributed by atoms with van der Waals surface area (Å²) in [5, 5.41) is 9.61. The second-order valence-electron chi connectivity index (χ2n) is 7.36. The number of carbonyl (C=O) groups excluding carboxylic acids is 1. The molecule has 0 bridgehead atoms. The van der Waals surface area contributed by atoms with Crippen molar-refractivity contribution in [3.8, 4) is 11.1 Å². The summed E-state index contributed by atoms with van der Waals surface area (Å²) in [6, 6.07) is 0. The van der Waals surface area contributed by atoms with Crippen LogP contribution in [0.15, 0.2) is 0 Å². The largest absolute Gasteiger partial charge is 0.478 e. The lowest BCUT2D eigenvalue weighted by Gasteiger charge is -2.25. The van der Waals surface area contributed by atoms with Gasteiger partial charge in [0.15, 0.2) is 5.78 Å². The van der Waals surface area contributed by atoms with Crippen molar-refractivity contribution >= 4 is 11.8 Å². The maximum absolute atomic E-state index is 12.1. The van der Waals surface area contributed by atoms with Gasteiger partial charge in [0, 0.05) is 5.56 Å². The van der Waals surface area contributed by atoms with Crippen molar-refractivity contribution in [1.82, 2.24) is 0 Å². The van der Waals surface area contributed by atoms with Crippen LogP contribution in [-0.4, -0.2) is 16.9 Å². The second-order valence-corrected chi connectivity index (χ2v) is 7.36. The normalized spacial score (nSPS) is 11.0. The van der Waals surface area contributed by atoms with Crippen LogP contribution in [0.2, 0.25) is 0 Å². The van der Waals surface area contributed by atoms with E-state index in [2.05, 4.69) is 13.8 Å². The van der Waals surface area contributed by atoms with Gasteiger partial charge in [0.2, 0.25) is 0 Å². The molecule has 2 aromatic rings. The summed E-state index contributed by atoms with van der Waals surface area (Å²) in [5.41, 5.74) is 11.2. The third kappa shape index (κ3) is 2.76. The molecule has 0 aliphatic rings. The Kier molecular flexibility index (Phi) is 5.14. The molecule has 0 fully saturated rings. The molecule has 138 valence electrons. The van der Waals surface area contributed by atoms with E-state index in [1.54, 1.807) is 6.92 Å². The summed E-state index contributed by atoms with van der Waals surface area (Å²) in [6.07, 6.45) is 0. The monoisotopic (exact) mass is 352 g/mol. The van der Waals surface area contributed by atoms with Gasteiger partial charge in [-0.3, -0.25) is 4.79 Å². The van der Waals surface area contributed by atoms with Gasteiger partial charge >= 0.3 is 5.97 Å². The zero-order chi connectivity index (χ0) is 20.1. The van der Waals surface area contributed by atoms with Gasteiger partial charge in [-0.15, -0.1) is 0 Å². The van der Waals surface area contributed by atoms with Crippen molar-refractivity contribution < 1.29 is 14.7 Å². The van der Waals surface area contributed by atoms with Gasteiger partial charge in [-0.05, 0) is 118 Å². The number of rotatable bonds is 3. The molecule has 0 aromatic heterocycles. The highest BCUT2D eigenvalue weighted by atomic mass is 16.4. The van der Waals surface area contributed by atoms with Crippen molar-refractivity contribution in [2.24, 2.45) is 0 Å². The Balaban J connectivity index is 3.05. The highest BCUT2D eigenvalue weighted by Crippen LogP contribution is 2.40. The summed E-state index contributed by atoms with van der Waals surface area (Å²) in [6.45, 7) is 17.5. The van der Waals surface area contributed by atoms with Crippen LogP contribution < -0.4 is 0 Å². The predicted octanol–water partition coefficient (Wildman–Crippen LogP) is 5.72. The lowest BCUT2D eigenvalue weighted by Crippen LogP contribution is -2.11. The van der Waals surface area contributed by atoms with Crippen LogP contribution in [0, 0.1) is 55.4 Å². The molecule has 0 amide bonds. The van der Waals surface area contributed by atoms with Crippen LogP contribution in [0.4, 0.5) is 0 Å². The Morgan fingerprint density at radius 1 is 0.538 bits per heavy atom. The van der Waals surface area contributed by atoms with Gasteiger partial charge in [-0.25, -0.2) is 4.79 Å². The maximum atomic E-state index is 12.1. The number of Topliss-reactive ketones (excluding diaryl/α,β-unsaturated/α-hetero) is 1. The third-order valence-electron chi connectivity index (χ3n) is 6.07. The summed E-state index contributed by atoms with van der Waals surface area (Å²) in [7, 11) is 0. The Morgan fingerprint density at radius 3 is 1.04 bits per heavy atom. The van der Waals surface area contributed by atoms with Crippen molar-refractivity contribution in [2.45, 2.75) is 62.3 Å². The van der Waals surface area contributed by atoms with Crippen LogP contribution in [0.5, 0.6) is 0 Å². The van der Waals surface area contributed by atoms with Gasteiger partial charge in [-0.2, -0.15) is 0 Å². The fourth-order valence-electron chi connectivity index (χ4n) is 4.22. The van der Waals surface area contributed by atoms with Crippen LogP contribution >= 0.6 is 0 Å². The molecule has 3 heteroatoms. The number of carboxylic acids is 1. The van der Waals surface area contributed by atoms with Crippen molar-refractivity contribution in [1.29, 1.82) is 0 Å². The average Bonchev–Trinajstić information content (AvgIpc) is 2.54. The first kappa shape index (κ1) is 19.9. The molecule has 26 heavy (non-hydrogen) atoms. The standard InChI is InChI=1S/C23H28O3/c1-10-12(3)20(13(4)11(2)19(10)18(9)24)21-14(5)16(7)22(23(25)26)17(8)15(21)6/h1-9H3,(H,25,26). The Bertz CT molecular complexity index is 825. The highest BCUT2D eigenvalue weighted by molar-refractivity contribution is 6.00. The summed E-state index contributed by atoms with van der Waals surface area (Å²) in [4.78, 5) is 23.9. The highest BCUT2D eigenvalue weighted by Gasteiger charge is 2.24.